The SMILES string of the molecule is O=C(CCCCl)Nc1nc2c(Br)cc(F)cc2s1. The maximum atomic E-state index is 13.2. The number of benzene rings is 1. The van der Waals surface area contributed by atoms with Crippen LogP contribution in [0.25, 0.3) is 10.2 Å². The topological polar surface area (TPSA) is 42.0 Å². The largest absolute Gasteiger partial charge is 0.302 e. The predicted molar refractivity (Wildman–Crippen MR) is 75.9 cm³/mol. The Bertz CT molecular complexity index is 590. The Kier molecular flexibility index (Phi) is 4.53. The molecule has 1 amide bonds. The Labute approximate surface area is 120 Å². The number of carbonyl (C=O) groups excluding carboxylic acids is 1. The lowest BCUT2D eigenvalue weighted by atomic mass is 10.3. The van der Waals surface area contributed by atoms with Gasteiger partial charge in [-0.1, -0.05) is 11.3 Å². The standard InChI is InChI=1S/C11H9BrClFN2OS/c12-7-4-6(14)5-8-10(7)16-11(18-8)15-9(17)2-1-3-13/h4-5H,1-3H2,(H,15,16,17). The van der Waals surface area contributed by atoms with Crippen LogP contribution < -0.4 is 5.32 Å². The number of carbonyl (C=O) groups is 1. The van der Waals surface area contributed by atoms with Crippen molar-refractivity contribution in [1.82, 2.24) is 4.98 Å². The van der Waals surface area contributed by atoms with Gasteiger partial charge in [-0.05, 0) is 34.5 Å². The lowest BCUT2D eigenvalue weighted by Crippen LogP contribution is -2.10. The zero-order valence-electron chi connectivity index (χ0n) is 9.17. The highest BCUT2D eigenvalue weighted by molar-refractivity contribution is 9.10. The van der Waals surface area contributed by atoms with Gasteiger partial charge >= 0.3 is 0 Å². The molecule has 1 heterocycles. The number of anilines is 1. The molecule has 1 N–H and O–H groups in total. The fourth-order valence-corrected chi connectivity index (χ4v) is 3.14. The van der Waals surface area contributed by atoms with Gasteiger partial charge in [-0.3, -0.25) is 4.79 Å². The molecule has 0 atom stereocenters. The van der Waals surface area contributed by atoms with E-state index in [1.54, 1.807) is 0 Å². The average Bonchev–Trinajstić information content (AvgIpc) is 2.69. The molecule has 0 radical (unpaired) electrons. The van der Waals surface area contributed by atoms with Crippen molar-refractivity contribution in [3.05, 3.63) is 22.4 Å². The van der Waals surface area contributed by atoms with E-state index >= 15 is 0 Å². The van der Waals surface area contributed by atoms with Gasteiger partial charge in [0.2, 0.25) is 5.91 Å². The summed E-state index contributed by atoms with van der Waals surface area (Å²) < 4.78 is 14.5. The Balaban J connectivity index is 2.20. The van der Waals surface area contributed by atoms with Crippen molar-refractivity contribution in [2.24, 2.45) is 0 Å². The van der Waals surface area contributed by atoms with Crippen molar-refractivity contribution in [3.8, 4) is 0 Å². The van der Waals surface area contributed by atoms with E-state index in [1.165, 1.54) is 23.5 Å². The van der Waals surface area contributed by atoms with E-state index in [-0.39, 0.29) is 11.7 Å². The van der Waals surface area contributed by atoms with Crippen LogP contribution in [0.2, 0.25) is 0 Å². The van der Waals surface area contributed by atoms with Gasteiger partial charge in [-0.2, -0.15) is 0 Å². The van der Waals surface area contributed by atoms with Crippen molar-refractivity contribution >= 4 is 60.1 Å². The average molecular weight is 352 g/mol. The summed E-state index contributed by atoms with van der Waals surface area (Å²) in [5.41, 5.74) is 0.647. The van der Waals surface area contributed by atoms with E-state index in [9.17, 15) is 9.18 Å². The van der Waals surface area contributed by atoms with Crippen LogP contribution in [-0.4, -0.2) is 16.8 Å². The quantitative estimate of drug-likeness (QED) is 0.841. The van der Waals surface area contributed by atoms with Crippen LogP contribution >= 0.6 is 38.9 Å². The molecule has 1 aromatic carbocycles. The number of aromatic nitrogens is 1. The molecule has 0 aliphatic carbocycles. The number of fused-ring (bicyclic) bond motifs is 1. The van der Waals surface area contributed by atoms with Gasteiger partial charge in [-0.15, -0.1) is 11.6 Å². The number of nitrogens with zero attached hydrogens (tertiary/aromatic N) is 1. The molecule has 7 heteroatoms. The van der Waals surface area contributed by atoms with Crippen molar-refractivity contribution < 1.29 is 9.18 Å². The van der Waals surface area contributed by atoms with E-state index in [1.807, 2.05) is 0 Å². The predicted octanol–water partition coefficient (Wildman–Crippen LogP) is 4.16. The molecule has 0 spiro atoms. The van der Waals surface area contributed by atoms with Crippen LogP contribution in [0, 0.1) is 5.82 Å². The number of halogens is 3. The highest BCUT2D eigenvalue weighted by atomic mass is 79.9. The lowest BCUT2D eigenvalue weighted by Gasteiger charge is -1.98. The number of thiazole rings is 1. The van der Waals surface area contributed by atoms with Gasteiger partial charge in [0.1, 0.15) is 5.82 Å². The number of hydrogen-bond acceptors (Lipinski definition) is 3. The zero-order valence-corrected chi connectivity index (χ0v) is 12.3. The summed E-state index contributed by atoms with van der Waals surface area (Å²) in [6, 6.07) is 2.74. The summed E-state index contributed by atoms with van der Waals surface area (Å²) in [4.78, 5) is 15.8. The summed E-state index contributed by atoms with van der Waals surface area (Å²) in [5.74, 6) is -0.0198. The van der Waals surface area contributed by atoms with E-state index < -0.39 is 0 Å². The van der Waals surface area contributed by atoms with Crippen LogP contribution in [-0.2, 0) is 4.79 Å². The number of hydrogen-bond donors (Lipinski definition) is 1. The Hall–Kier alpha value is -0.720. The van der Waals surface area contributed by atoms with Gasteiger partial charge in [0.05, 0.1) is 10.2 Å². The van der Waals surface area contributed by atoms with Gasteiger partial charge in [0.25, 0.3) is 0 Å². The van der Waals surface area contributed by atoms with Crippen molar-refractivity contribution in [2.75, 3.05) is 11.2 Å². The molecule has 0 unspecified atom stereocenters. The Morgan fingerprint density at radius 1 is 1.56 bits per heavy atom. The fraction of sp³-hybridized carbons (Fsp3) is 0.273. The van der Waals surface area contributed by atoms with Crippen LogP contribution in [0.15, 0.2) is 16.6 Å². The first kappa shape index (κ1) is 13.7. The van der Waals surface area contributed by atoms with Crippen LogP contribution in [0.5, 0.6) is 0 Å². The molecule has 1 aromatic heterocycles. The first-order valence-electron chi connectivity index (χ1n) is 5.21. The molecule has 0 aliphatic heterocycles. The zero-order chi connectivity index (χ0) is 13.1. The van der Waals surface area contributed by atoms with Gasteiger partial charge in [-0.25, -0.2) is 9.37 Å². The molecule has 96 valence electrons. The maximum Gasteiger partial charge on any atom is 0.226 e. The number of alkyl halides is 1. The van der Waals surface area contributed by atoms with E-state index in [4.69, 9.17) is 11.6 Å². The first-order chi connectivity index (χ1) is 8.60. The number of nitrogens with one attached hydrogen (secondary N) is 1. The minimum Gasteiger partial charge on any atom is -0.302 e. The molecule has 0 saturated carbocycles. The second kappa shape index (κ2) is 5.95. The minimum atomic E-state index is -0.335. The highest BCUT2D eigenvalue weighted by Crippen LogP contribution is 2.32. The van der Waals surface area contributed by atoms with Crippen LogP contribution in [0.3, 0.4) is 0 Å². The highest BCUT2D eigenvalue weighted by Gasteiger charge is 2.11. The third kappa shape index (κ3) is 3.18. The van der Waals surface area contributed by atoms with E-state index in [2.05, 4.69) is 26.2 Å². The normalized spacial score (nSPS) is 10.8. The molecular formula is C11H9BrClFN2OS. The third-order valence-electron chi connectivity index (χ3n) is 2.20. The molecular weight excluding hydrogens is 343 g/mol. The molecule has 0 bridgehead atoms. The Morgan fingerprint density at radius 3 is 3.06 bits per heavy atom. The fourth-order valence-electron chi connectivity index (χ4n) is 1.42. The first-order valence-corrected chi connectivity index (χ1v) is 7.36. The van der Waals surface area contributed by atoms with Crippen molar-refractivity contribution in [2.45, 2.75) is 12.8 Å². The van der Waals surface area contributed by atoms with Crippen molar-refractivity contribution in [3.63, 3.8) is 0 Å². The lowest BCUT2D eigenvalue weighted by molar-refractivity contribution is -0.116. The third-order valence-corrected chi connectivity index (χ3v) is 3.99. The van der Waals surface area contributed by atoms with Gasteiger partial charge < -0.3 is 5.32 Å². The summed E-state index contributed by atoms with van der Waals surface area (Å²) >= 11 is 9.99. The van der Waals surface area contributed by atoms with Crippen LogP contribution in [0.1, 0.15) is 12.8 Å². The molecule has 18 heavy (non-hydrogen) atoms. The molecule has 0 fully saturated rings. The maximum absolute atomic E-state index is 13.2. The van der Waals surface area contributed by atoms with Crippen LogP contribution in [0.4, 0.5) is 9.52 Å². The second-order valence-corrected chi connectivity index (χ2v) is 5.86. The molecule has 0 saturated heterocycles. The second-order valence-electron chi connectivity index (χ2n) is 3.59. The molecule has 0 aliphatic rings. The van der Waals surface area contributed by atoms with Gasteiger partial charge in [0.15, 0.2) is 5.13 Å². The smallest absolute Gasteiger partial charge is 0.226 e. The summed E-state index contributed by atoms with van der Waals surface area (Å²) in [5, 5.41) is 3.15. The number of amides is 1. The molecule has 2 rings (SSSR count). The monoisotopic (exact) mass is 350 g/mol. The molecule has 3 nitrogen and oxygen atoms in total. The van der Waals surface area contributed by atoms with Gasteiger partial charge in [0, 0.05) is 16.8 Å². The molecule has 2 aromatic rings. The minimum absolute atomic E-state index is 0.133. The summed E-state index contributed by atoms with van der Waals surface area (Å²) in [6.07, 6.45) is 0.978. The number of rotatable bonds is 4. The summed E-state index contributed by atoms with van der Waals surface area (Å²) in [6.45, 7) is 0. The van der Waals surface area contributed by atoms with E-state index in [0.29, 0.717) is 38.5 Å². The summed E-state index contributed by atoms with van der Waals surface area (Å²) in [7, 11) is 0. The Morgan fingerprint density at radius 2 is 2.33 bits per heavy atom. The van der Waals surface area contributed by atoms with Crippen molar-refractivity contribution in [1.29, 1.82) is 0 Å². The van der Waals surface area contributed by atoms with E-state index in [0.717, 1.165) is 0 Å².